The van der Waals surface area contributed by atoms with Crippen LogP contribution < -0.4 is 10.6 Å². The zero-order valence-electron chi connectivity index (χ0n) is 14.8. The lowest BCUT2D eigenvalue weighted by Crippen LogP contribution is -2.40. The largest absolute Gasteiger partial charge is 0.379 e. The lowest BCUT2D eigenvalue weighted by atomic mass is 10.1. The molecule has 2 rings (SSSR count). The first-order valence-electron chi connectivity index (χ1n) is 8.64. The molecule has 7 heteroatoms. The highest BCUT2D eigenvalue weighted by atomic mass is 127. The molecule has 0 aromatic carbocycles. The SMILES string of the molecule is CCNC(=NCC(C)c1ccsc1)NCCCN1CCOCC1.I. The van der Waals surface area contributed by atoms with Crippen molar-refractivity contribution in [3.63, 3.8) is 0 Å². The first-order valence-corrected chi connectivity index (χ1v) is 9.58. The molecule has 1 aromatic rings. The molecule has 0 spiro atoms. The first-order chi connectivity index (χ1) is 11.3. The van der Waals surface area contributed by atoms with Crippen molar-refractivity contribution < 1.29 is 4.74 Å². The van der Waals surface area contributed by atoms with Crippen LogP contribution in [0.3, 0.4) is 0 Å². The van der Waals surface area contributed by atoms with E-state index in [1.165, 1.54) is 5.56 Å². The third kappa shape index (κ3) is 8.13. The smallest absolute Gasteiger partial charge is 0.191 e. The number of nitrogens with zero attached hydrogens (tertiary/aromatic N) is 2. The fraction of sp³-hybridized carbons (Fsp3) is 0.706. The first kappa shape index (κ1) is 21.7. The Morgan fingerprint density at radius 2 is 2.17 bits per heavy atom. The highest BCUT2D eigenvalue weighted by Gasteiger charge is 2.09. The second-order valence-corrected chi connectivity index (χ2v) is 6.69. The lowest BCUT2D eigenvalue weighted by molar-refractivity contribution is 0.0376. The van der Waals surface area contributed by atoms with Crippen molar-refractivity contribution in [2.24, 2.45) is 4.99 Å². The maximum atomic E-state index is 5.38. The summed E-state index contributed by atoms with van der Waals surface area (Å²) in [5, 5.41) is 11.1. The number of hydrogen-bond donors (Lipinski definition) is 2. The number of hydrogen-bond acceptors (Lipinski definition) is 4. The van der Waals surface area contributed by atoms with Gasteiger partial charge in [-0.3, -0.25) is 9.89 Å². The molecule has 1 aliphatic rings. The summed E-state index contributed by atoms with van der Waals surface area (Å²) in [5.41, 5.74) is 1.38. The molecule has 138 valence electrons. The summed E-state index contributed by atoms with van der Waals surface area (Å²) in [6.07, 6.45) is 1.13. The van der Waals surface area contributed by atoms with Crippen molar-refractivity contribution in [1.82, 2.24) is 15.5 Å². The minimum absolute atomic E-state index is 0. The van der Waals surface area contributed by atoms with Crippen LogP contribution in [-0.4, -0.2) is 63.3 Å². The number of guanidine groups is 1. The van der Waals surface area contributed by atoms with Gasteiger partial charge in [-0.1, -0.05) is 6.92 Å². The molecular weight excluding hydrogens is 435 g/mol. The highest BCUT2D eigenvalue weighted by Crippen LogP contribution is 2.18. The number of halogens is 1. The van der Waals surface area contributed by atoms with Crippen molar-refractivity contribution in [2.75, 3.05) is 52.5 Å². The van der Waals surface area contributed by atoms with Gasteiger partial charge < -0.3 is 15.4 Å². The Kier molecular flexibility index (Phi) is 11.7. The maximum Gasteiger partial charge on any atom is 0.191 e. The van der Waals surface area contributed by atoms with Crippen LogP contribution in [0.1, 0.15) is 31.7 Å². The van der Waals surface area contributed by atoms with E-state index in [0.717, 1.165) is 64.9 Å². The molecule has 1 aliphatic heterocycles. The normalized spacial score (nSPS) is 17.2. The van der Waals surface area contributed by atoms with Gasteiger partial charge in [0.15, 0.2) is 5.96 Å². The number of rotatable bonds is 8. The number of aliphatic imine (C=N–C) groups is 1. The average Bonchev–Trinajstić information content (AvgIpc) is 3.11. The van der Waals surface area contributed by atoms with Crippen molar-refractivity contribution in [2.45, 2.75) is 26.2 Å². The summed E-state index contributed by atoms with van der Waals surface area (Å²) in [6, 6.07) is 2.19. The third-order valence-electron chi connectivity index (χ3n) is 4.03. The van der Waals surface area contributed by atoms with Crippen LogP contribution in [0.2, 0.25) is 0 Å². The summed E-state index contributed by atoms with van der Waals surface area (Å²) in [5.74, 6) is 1.39. The van der Waals surface area contributed by atoms with Crippen molar-refractivity contribution in [3.05, 3.63) is 22.4 Å². The Bertz CT molecular complexity index is 449. The van der Waals surface area contributed by atoms with Gasteiger partial charge in [-0.2, -0.15) is 11.3 Å². The van der Waals surface area contributed by atoms with Crippen molar-refractivity contribution in [1.29, 1.82) is 0 Å². The van der Waals surface area contributed by atoms with Gasteiger partial charge in [-0.05, 0) is 42.3 Å². The Morgan fingerprint density at radius 3 is 2.83 bits per heavy atom. The fourth-order valence-electron chi connectivity index (χ4n) is 2.57. The summed E-state index contributed by atoms with van der Waals surface area (Å²) < 4.78 is 5.38. The zero-order chi connectivity index (χ0) is 16.3. The van der Waals surface area contributed by atoms with Gasteiger partial charge in [0.25, 0.3) is 0 Å². The molecule has 0 aliphatic carbocycles. The Labute approximate surface area is 167 Å². The lowest BCUT2D eigenvalue weighted by Gasteiger charge is -2.26. The minimum atomic E-state index is 0. The van der Waals surface area contributed by atoms with Crippen LogP contribution in [0.25, 0.3) is 0 Å². The van der Waals surface area contributed by atoms with E-state index >= 15 is 0 Å². The van der Waals surface area contributed by atoms with Gasteiger partial charge in [-0.25, -0.2) is 0 Å². The molecule has 0 radical (unpaired) electrons. The molecule has 0 bridgehead atoms. The average molecular weight is 466 g/mol. The second kappa shape index (κ2) is 12.9. The van der Waals surface area contributed by atoms with Crippen molar-refractivity contribution in [3.8, 4) is 0 Å². The zero-order valence-corrected chi connectivity index (χ0v) is 17.9. The van der Waals surface area contributed by atoms with Gasteiger partial charge in [0.1, 0.15) is 0 Å². The Morgan fingerprint density at radius 1 is 1.38 bits per heavy atom. The quantitative estimate of drug-likeness (QED) is 0.268. The molecule has 5 nitrogen and oxygen atoms in total. The standard InChI is InChI=1S/C17H30N4OS.HI/c1-3-18-17(20-13-15(2)16-5-12-23-14-16)19-6-4-7-21-8-10-22-11-9-21;/h5,12,14-15H,3-4,6-11,13H2,1-2H3,(H2,18,19,20);1H. The number of thiophene rings is 1. The minimum Gasteiger partial charge on any atom is -0.379 e. The van der Waals surface area contributed by atoms with Crippen LogP contribution in [0.15, 0.2) is 21.8 Å². The fourth-order valence-corrected chi connectivity index (χ4v) is 3.35. The summed E-state index contributed by atoms with van der Waals surface area (Å²) in [4.78, 5) is 7.19. The highest BCUT2D eigenvalue weighted by molar-refractivity contribution is 14.0. The topological polar surface area (TPSA) is 48.9 Å². The monoisotopic (exact) mass is 466 g/mol. The predicted molar refractivity (Wildman–Crippen MR) is 114 cm³/mol. The van der Waals surface area contributed by atoms with E-state index < -0.39 is 0 Å². The molecule has 1 atom stereocenters. The number of morpholine rings is 1. The molecule has 24 heavy (non-hydrogen) atoms. The van der Waals surface area contributed by atoms with E-state index in [0.29, 0.717) is 5.92 Å². The summed E-state index contributed by atoms with van der Waals surface area (Å²) in [7, 11) is 0. The molecular formula is C17H31IN4OS. The van der Waals surface area contributed by atoms with Crippen LogP contribution >= 0.6 is 35.3 Å². The molecule has 0 saturated carbocycles. The van der Waals surface area contributed by atoms with E-state index in [2.05, 4.69) is 46.2 Å². The second-order valence-electron chi connectivity index (χ2n) is 5.91. The van der Waals surface area contributed by atoms with Gasteiger partial charge in [0.05, 0.1) is 13.2 Å². The molecule has 0 amide bonds. The van der Waals surface area contributed by atoms with Gasteiger partial charge in [-0.15, -0.1) is 24.0 Å². The van der Waals surface area contributed by atoms with E-state index in [1.54, 1.807) is 11.3 Å². The molecule has 1 aromatic heterocycles. The van der Waals surface area contributed by atoms with Crippen LogP contribution in [0.5, 0.6) is 0 Å². The number of nitrogens with one attached hydrogen (secondary N) is 2. The van der Waals surface area contributed by atoms with Crippen molar-refractivity contribution >= 4 is 41.3 Å². The van der Waals surface area contributed by atoms with Gasteiger partial charge >= 0.3 is 0 Å². The molecule has 1 unspecified atom stereocenters. The molecule has 2 heterocycles. The van der Waals surface area contributed by atoms with Gasteiger partial charge in [0, 0.05) is 38.6 Å². The van der Waals surface area contributed by atoms with Crippen LogP contribution in [0, 0.1) is 0 Å². The molecule has 1 saturated heterocycles. The van der Waals surface area contributed by atoms with Gasteiger partial charge in [0.2, 0.25) is 0 Å². The predicted octanol–water partition coefficient (Wildman–Crippen LogP) is 2.75. The van der Waals surface area contributed by atoms with E-state index in [1.807, 2.05) is 0 Å². The molecule has 2 N–H and O–H groups in total. The number of ether oxygens (including phenoxy) is 1. The van der Waals surface area contributed by atoms with E-state index in [-0.39, 0.29) is 24.0 Å². The van der Waals surface area contributed by atoms with E-state index in [9.17, 15) is 0 Å². The summed E-state index contributed by atoms with van der Waals surface area (Å²) in [6.45, 7) is 12.0. The van der Waals surface area contributed by atoms with E-state index in [4.69, 9.17) is 9.73 Å². The third-order valence-corrected chi connectivity index (χ3v) is 4.73. The summed E-state index contributed by atoms with van der Waals surface area (Å²) >= 11 is 1.75. The molecule has 1 fully saturated rings. The maximum absolute atomic E-state index is 5.38. The van der Waals surface area contributed by atoms with Crippen LogP contribution in [-0.2, 0) is 4.74 Å². The van der Waals surface area contributed by atoms with Crippen LogP contribution in [0.4, 0.5) is 0 Å². The Hall–Kier alpha value is -0.380. The Balaban J connectivity index is 0.00000288.